The van der Waals surface area contributed by atoms with Crippen molar-refractivity contribution in [1.29, 1.82) is 0 Å². The van der Waals surface area contributed by atoms with Crippen molar-refractivity contribution in [2.75, 3.05) is 31.1 Å². The largest absolute Gasteiger partial charge is 0.368 e. The topological polar surface area (TPSA) is 53.5 Å². The second-order valence-corrected chi connectivity index (χ2v) is 6.14. The predicted octanol–water partition coefficient (Wildman–Crippen LogP) is 2.90. The second-order valence-electron chi connectivity index (χ2n) is 5.75. The van der Waals surface area contributed by atoms with Crippen molar-refractivity contribution in [2.24, 2.45) is 0 Å². The number of hydrogen-bond acceptors (Lipinski definition) is 4. The smallest absolute Gasteiger partial charge is 0.255 e. The Kier molecular flexibility index (Phi) is 4.81. The molecule has 1 aliphatic rings. The Bertz CT molecular complexity index is 736. The van der Waals surface area contributed by atoms with Gasteiger partial charge in [0.05, 0.1) is 5.56 Å². The van der Waals surface area contributed by atoms with Crippen LogP contribution in [0.1, 0.15) is 27.6 Å². The van der Waals surface area contributed by atoms with Crippen LogP contribution in [0, 0.1) is 0 Å². The summed E-state index contributed by atoms with van der Waals surface area (Å²) >= 11 is 5.76. The van der Waals surface area contributed by atoms with E-state index in [4.69, 9.17) is 11.6 Å². The summed E-state index contributed by atoms with van der Waals surface area (Å²) in [5, 5.41) is 0.380. The van der Waals surface area contributed by atoms with Gasteiger partial charge in [0.2, 0.25) is 0 Å². The van der Waals surface area contributed by atoms with Crippen LogP contribution in [0.25, 0.3) is 0 Å². The number of nitrogens with zero attached hydrogens (tertiary/aromatic N) is 3. The van der Waals surface area contributed by atoms with Gasteiger partial charge in [0.15, 0.2) is 5.78 Å². The fourth-order valence-electron chi connectivity index (χ4n) is 2.76. The Labute approximate surface area is 145 Å². The second kappa shape index (κ2) is 7.01. The van der Waals surface area contributed by atoms with Gasteiger partial charge < -0.3 is 9.80 Å². The molecular formula is C18H18ClN3O2. The van der Waals surface area contributed by atoms with Crippen LogP contribution in [0.4, 0.5) is 5.69 Å². The minimum Gasteiger partial charge on any atom is -0.368 e. The van der Waals surface area contributed by atoms with Gasteiger partial charge >= 0.3 is 0 Å². The molecular weight excluding hydrogens is 326 g/mol. The number of amides is 1. The van der Waals surface area contributed by atoms with E-state index in [0.717, 1.165) is 18.8 Å². The molecule has 1 fully saturated rings. The first-order chi connectivity index (χ1) is 11.5. The number of carbonyl (C=O) groups is 2. The van der Waals surface area contributed by atoms with Crippen LogP contribution in [0.3, 0.4) is 0 Å². The standard InChI is InChI=1S/C18H18ClN3O2/c1-13(23)14-2-5-16(6-3-14)21-8-10-22(11-9-21)18(24)15-4-7-17(19)20-12-15/h2-7,12H,8-11H2,1H3. The average molecular weight is 344 g/mol. The molecule has 1 aromatic carbocycles. The van der Waals surface area contributed by atoms with Crippen LogP contribution in [0.2, 0.25) is 5.15 Å². The van der Waals surface area contributed by atoms with Crippen LogP contribution in [0.15, 0.2) is 42.6 Å². The summed E-state index contributed by atoms with van der Waals surface area (Å²) in [4.78, 5) is 31.8. The normalized spacial score (nSPS) is 14.6. The molecule has 1 aliphatic heterocycles. The molecule has 0 aliphatic carbocycles. The average Bonchev–Trinajstić information content (AvgIpc) is 2.62. The van der Waals surface area contributed by atoms with Crippen molar-refractivity contribution < 1.29 is 9.59 Å². The number of ketones is 1. The van der Waals surface area contributed by atoms with Crippen molar-refractivity contribution in [1.82, 2.24) is 9.88 Å². The molecule has 1 aromatic heterocycles. The summed E-state index contributed by atoms with van der Waals surface area (Å²) in [5.74, 6) is 0.0410. The SMILES string of the molecule is CC(=O)c1ccc(N2CCN(C(=O)c3ccc(Cl)nc3)CC2)cc1. The number of rotatable bonds is 3. The zero-order valence-corrected chi connectivity index (χ0v) is 14.2. The highest BCUT2D eigenvalue weighted by Crippen LogP contribution is 2.18. The third-order valence-corrected chi connectivity index (χ3v) is 4.40. The van der Waals surface area contributed by atoms with Gasteiger partial charge in [0.25, 0.3) is 5.91 Å². The van der Waals surface area contributed by atoms with E-state index in [9.17, 15) is 9.59 Å². The number of halogens is 1. The molecule has 0 unspecified atom stereocenters. The van der Waals surface area contributed by atoms with Crippen molar-refractivity contribution in [3.05, 3.63) is 58.9 Å². The molecule has 0 radical (unpaired) electrons. The summed E-state index contributed by atoms with van der Waals surface area (Å²) < 4.78 is 0. The van der Waals surface area contributed by atoms with Crippen molar-refractivity contribution in [3.63, 3.8) is 0 Å². The third kappa shape index (κ3) is 3.57. The zero-order valence-electron chi connectivity index (χ0n) is 13.4. The van der Waals surface area contributed by atoms with E-state index < -0.39 is 0 Å². The van der Waals surface area contributed by atoms with Crippen LogP contribution in [-0.2, 0) is 0 Å². The Morgan fingerprint density at radius 3 is 2.12 bits per heavy atom. The lowest BCUT2D eigenvalue weighted by Gasteiger charge is -2.36. The molecule has 2 heterocycles. The Morgan fingerprint density at radius 1 is 0.958 bits per heavy atom. The number of piperazine rings is 1. The van der Waals surface area contributed by atoms with E-state index in [1.807, 2.05) is 29.2 Å². The fraction of sp³-hybridized carbons (Fsp3) is 0.278. The molecule has 1 amide bonds. The minimum absolute atomic E-state index is 0.0225. The molecule has 0 saturated carbocycles. The number of aromatic nitrogens is 1. The van der Waals surface area contributed by atoms with Gasteiger partial charge in [0, 0.05) is 43.6 Å². The molecule has 0 N–H and O–H groups in total. The first-order valence-corrected chi connectivity index (χ1v) is 8.19. The number of Topliss-reactive ketones (excluding diaryl/α,β-unsaturated/α-hetero) is 1. The Hall–Kier alpha value is -2.40. The minimum atomic E-state index is -0.0225. The van der Waals surface area contributed by atoms with Crippen LogP contribution in [0.5, 0.6) is 0 Å². The molecule has 1 saturated heterocycles. The van der Waals surface area contributed by atoms with Gasteiger partial charge in [-0.2, -0.15) is 0 Å². The predicted molar refractivity (Wildman–Crippen MR) is 93.8 cm³/mol. The van der Waals surface area contributed by atoms with Crippen molar-refractivity contribution in [3.8, 4) is 0 Å². The Morgan fingerprint density at radius 2 is 1.58 bits per heavy atom. The summed E-state index contributed by atoms with van der Waals surface area (Å²) in [6, 6.07) is 10.9. The highest BCUT2D eigenvalue weighted by Gasteiger charge is 2.22. The summed E-state index contributed by atoms with van der Waals surface area (Å²) in [7, 11) is 0. The van der Waals surface area contributed by atoms with E-state index >= 15 is 0 Å². The molecule has 3 rings (SSSR count). The molecule has 0 spiro atoms. The summed E-state index contributed by atoms with van der Waals surface area (Å²) in [5.41, 5.74) is 2.33. The van der Waals surface area contributed by atoms with Gasteiger partial charge in [-0.25, -0.2) is 4.98 Å². The summed E-state index contributed by atoms with van der Waals surface area (Å²) in [6.07, 6.45) is 1.51. The number of hydrogen-bond donors (Lipinski definition) is 0. The van der Waals surface area contributed by atoms with E-state index in [0.29, 0.717) is 29.4 Å². The molecule has 5 nitrogen and oxygen atoms in total. The van der Waals surface area contributed by atoms with Crippen LogP contribution < -0.4 is 4.90 Å². The highest BCUT2D eigenvalue weighted by atomic mass is 35.5. The lowest BCUT2D eigenvalue weighted by Crippen LogP contribution is -2.48. The number of benzene rings is 1. The maximum atomic E-state index is 12.5. The molecule has 2 aromatic rings. The van der Waals surface area contributed by atoms with Crippen molar-refractivity contribution >= 4 is 29.0 Å². The van der Waals surface area contributed by atoms with E-state index in [2.05, 4.69) is 9.88 Å². The monoisotopic (exact) mass is 343 g/mol. The fourth-order valence-corrected chi connectivity index (χ4v) is 2.87. The molecule has 0 bridgehead atoms. The molecule has 24 heavy (non-hydrogen) atoms. The van der Waals surface area contributed by atoms with Gasteiger partial charge in [-0.15, -0.1) is 0 Å². The lowest BCUT2D eigenvalue weighted by molar-refractivity contribution is 0.0746. The van der Waals surface area contributed by atoms with Crippen LogP contribution >= 0.6 is 11.6 Å². The number of carbonyl (C=O) groups excluding carboxylic acids is 2. The molecule has 6 heteroatoms. The van der Waals surface area contributed by atoms with Crippen LogP contribution in [-0.4, -0.2) is 47.8 Å². The molecule has 124 valence electrons. The van der Waals surface area contributed by atoms with Gasteiger partial charge in [0.1, 0.15) is 5.15 Å². The first-order valence-electron chi connectivity index (χ1n) is 7.81. The van der Waals surface area contributed by atoms with Gasteiger partial charge in [-0.05, 0) is 43.3 Å². The maximum absolute atomic E-state index is 12.5. The van der Waals surface area contributed by atoms with Crippen molar-refractivity contribution in [2.45, 2.75) is 6.92 Å². The van der Waals surface area contributed by atoms with Gasteiger partial charge in [-0.3, -0.25) is 9.59 Å². The maximum Gasteiger partial charge on any atom is 0.255 e. The van der Waals surface area contributed by atoms with E-state index in [-0.39, 0.29) is 11.7 Å². The lowest BCUT2D eigenvalue weighted by atomic mass is 10.1. The molecule has 0 atom stereocenters. The first kappa shape index (κ1) is 16.5. The Balaban J connectivity index is 1.62. The van der Waals surface area contributed by atoms with E-state index in [1.165, 1.54) is 6.20 Å². The quantitative estimate of drug-likeness (QED) is 0.635. The van der Waals surface area contributed by atoms with E-state index in [1.54, 1.807) is 19.1 Å². The van der Waals surface area contributed by atoms with Gasteiger partial charge in [-0.1, -0.05) is 11.6 Å². The highest BCUT2D eigenvalue weighted by molar-refractivity contribution is 6.29. The number of anilines is 1. The third-order valence-electron chi connectivity index (χ3n) is 4.18. The number of pyridine rings is 1. The summed E-state index contributed by atoms with van der Waals surface area (Å²) in [6.45, 7) is 4.37. The zero-order chi connectivity index (χ0) is 17.1.